The lowest BCUT2D eigenvalue weighted by atomic mass is 9.82. The molecule has 9 aromatic carbocycles. The second kappa shape index (κ2) is 15.2. The van der Waals surface area contributed by atoms with E-state index in [0.717, 1.165) is 34.1 Å². The van der Waals surface area contributed by atoms with Crippen molar-refractivity contribution in [1.82, 2.24) is 0 Å². The van der Waals surface area contributed by atoms with Crippen molar-refractivity contribution in [3.63, 3.8) is 0 Å². The molecule has 0 amide bonds. The van der Waals surface area contributed by atoms with E-state index >= 15 is 0 Å². The Morgan fingerprint density at radius 2 is 0.627 bits per heavy atom. The molecule has 282 valence electrons. The van der Waals surface area contributed by atoms with E-state index < -0.39 is 0 Å². The van der Waals surface area contributed by atoms with E-state index in [1.165, 1.54) is 55.6 Å². The predicted molar refractivity (Wildman–Crippen MR) is 250 cm³/mol. The van der Waals surface area contributed by atoms with E-state index in [0.29, 0.717) is 0 Å². The Kier molecular flexibility index (Phi) is 9.24. The van der Waals surface area contributed by atoms with E-state index in [4.69, 9.17) is 0 Å². The summed E-state index contributed by atoms with van der Waals surface area (Å²) in [6.07, 6.45) is 0. The van der Waals surface area contributed by atoms with Gasteiger partial charge in [-0.25, -0.2) is 0 Å². The lowest BCUT2D eigenvalue weighted by Crippen LogP contribution is -2.17. The normalized spacial score (nSPS) is 12.4. The second-order valence-corrected chi connectivity index (χ2v) is 15.8. The number of benzene rings is 9. The first-order valence-corrected chi connectivity index (χ1v) is 20.4. The molecule has 10 rings (SSSR count). The molecule has 1 aliphatic carbocycles. The summed E-state index contributed by atoms with van der Waals surface area (Å²) in [7, 11) is 0. The molecule has 0 heterocycles. The Bertz CT molecular complexity index is 2800. The molecule has 0 spiro atoms. The van der Waals surface area contributed by atoms with Crippen LogP contribution < -0.4 is 9.80 Å². The highest BCUT2D eigenvalue weighted by molar-refractivity contribution is 5.90. The predicted octanol–water partition coefficient (Wildman–Crippen LogP) is 15.9. The van der Waals surface area contributed by atoms with Crippen LogP contribution in [0.15, 0.2) is 231 Å². The number of anilines is 6. The van der Waals surface area contributed by atoms with Crippen LogP contribution in [0.4, 0.5) is 34.1 Å². The topological polar surface area (TPSA) is 6.48 Å². The highest BCUT2D eigenvalue weighted by Crippen LogP contribution is 2.52. The van der Waals surface area contributed by atoms with E-state index in [1.54, 1.807) is 0 Å². The van der Waals surface area contributed by atoms with Crippen LogP contribution in [0.1, 0.15) is 25.0 Å². The second-order valence-electron chi connectivity index (χ2n) is 15.8. The van der Waals surface area contributed by atoms with Crippen LogP contribution in [0.3, 0.4) is 0 Å². The van der Waals surface area contributed by atoms with Crippen molar-refractivity contribution in [2.45, 2.75) is 19.3 Å². The highest BCUT2D eigenvalue weighted by atomic mass is 15.1. The summed E-state index contributed by atoms with van der Waals surface area (Å²) in [5.41, 5.74) is 18.9. The van der Waals surface area contributed by atoms with Gasteiger partial charge in [-0.05, 0) is 128 Å². The minimum Gasteiger partial charge on any atom is -0.310 e. The van der Waals surface area contributed by atoms with E-state index in [1.807, 2.05) is 0 Å². The van der Waals surface area contributed by atoms with Gasteiger partial charge < -0.3 is 9.80 Å². The average Bonchev–Trinajstić information content (AvgIpc) is 3.53. The van der Waals surface area contributed by atoms with Gasteiger partial charge in [0.05, 0.1) is 0 Å². The molecule has 0 N–H and O–H groups in total. The van der Waals surface area contributed by atoms with Gasteiger partial charge in [-0.15, -0.1) is 0 Å². The van der Waals surface area contributed by atoms with Crippen molar-refractivity contribution >= 4 is 34.1 Å². The molecule has 2 nitrogen and oxygen atoms in total. The first-order valence-electron chi connectivity index (χ1n) is 20.4. The molecule has 0 saturated carbocycles. The number of hydrogen-bond donors (Lipinski definition) is 0. The zero-order valence-electron chi connectivity index (χ0n) is 33.3. The van der Waals surface area contributed by atoms with Crippen LogP contribution in [-0.4, -0.2) is 0 Å². The number of hydrogen-bond acceptors (Lipinski definition) is 2. The van der Waals surface area contributed by atoms with Crippen LogP contribution in [-0.2, 0) is 5.41 Å². The molecule has 0 atom stereocenters. The third-order valence-corrected chi connectivity index (χ3v) is 11.8. The third kappa shape index (κ3) is 6.79. The molecule has 0 aliphatic heterocycles. The molecular formula is C57H44N2. The van der Waals surface area contributed by atoms with Gasteiger partial charge in [-0.2, -0.15) is 0 Å². The number of nitrogens with zero attached hydrogens (tertiary/aromatic N) is 2. The number of rotatable bonds is 9. The largest absolute Gasteiger partial charge is 0.310 e. The Balaban J connectivity index is 1.08. The minimum atomic E-state index is -0.204. The van der Waals surface area contributed by atoms with Gasteiger partial charge in [-0.1, -0.05) is 172 Å². The zero-order valence-corrected chi connectivity index (χ0v) is 33.3. The van der Waals surface area contributed by atoms with Gasteiger partial charge in [0, 0.05) is 39.5 Å². The first kappa shape index (κ1) is 36.0. The molecule has 0 radical (unpaired) electrons. The Morgan fingerprint density at radius 3 is 1.19 bits per heavy atom. The summed E-state index contributed by atoms with van der Waals surface area (Å²) < 4.78 is 0. The zero-order chi connectivity index (χ0) is 39.8. The molecule has 0 fully saturated rings. The number of para-hydroxylation sites is 1. The van der Waals surface area contributed by atoms with Crippen LogP contribution in [0.5, 0.6) is 0 Å². The third-order valence-electron chi connectivity index (χ3n) is 11.8. The molecule has 0 saturated heterocycles. The van der Waals surface area contributed by atoms with Gasteiger partial charge in [0.1, 0.15) is 0 Å². The SMILES string of the molecule is CC1(C)c2ccc(N(c3cccc(-c4ccccc4)c3)c3cccc(-c4ccccc4)c3)cc2-c2ccc(N(c3ccccc3)c3ccc(-c4ccccc4)cc3)cc21. The van der Waals surface area contributed by atoms with Crippen LogP contribution >= 0.6 is 0 Å². The Hall–Kier alpha value is -7.42. The maximum absolute atomic E-state index is 2.41. The summed E-state index contributed by atoms with van der Waals surface area (Å²) in [5, 5.41) is 0. The Labute approximate surface area is 347 Å². The highest BCUT2D eigenvalue weighted by Gasteiger charge is 2.36. The fourth-order valence-electron chi connectivity index (χ4n) is 8.82. The summed E-state index contributed by atoms with van der Waals surface area (Å²) in [6, 6.07) is 83.5. The van der Waals surface area contributed by atoms with Crippen molar-refractivity contribution < 1.29 is 0 Å². The molecule has 1 aliphatic rings. The molecule has 0 bridgehead atoms. The number of fused-ring (bicyclic) bond motifs is 3. The van der Waals surface area contributed by atoms with Crippen LogP contribution in [0.2, 0.25) is 0 Å². The van der Waals surface area contributed by atoms with E-state index in [-0.39, 0.29) is 5.41 Å². The monoisotopic (exact) mass is 756 g/mol. The first-order chi connectivity index (χ1) is 29.0. The van der Waals surface area contributed by atoms with Crippen molar-refractivity contribution in [3.8, 4) is 44.5 Å². The van der Waals surface area contributed by atoms with Gasteiger partial charge in [-0.3, -0.25) is 0 Å². The summed E-state index contributed by atoms with van der Waals surface area (Å²) in [4.78, 5) is 4.79. The summed E-state index contributed by atoms with van der Waals surface area (Å²) >= 11 is 0. The van der Waals surface area contributed by atoms with E-state index in [9.17, 15) is 0 Å². The molecule has 0 unspecified atom stereocenters. The van der Waals surface area contributed by atoms with Gasteiger partial charge in [0.2, 0.25) is 0 Å². The molecule has 0 aromatic heterocycles. The molecule has 59 heavy (non-hydrogen) atoms. The van der Waals surface area contributed by atoms with Crippen molar-refractivity contribution in [3.05, 3.63) is 242 Å². The maximum atomic E-state index is 2.41. The van der Waals surface area contributed by atoms with Gasteiger partial charge in [0.15, 0.2) is 0 Å². The summed E-state index contributed by atoms with van der Waals surface area (Å²) in [5.74, 6) is 0. The lowest BCUT2D eigenvalue weighted by Gasteiger charge is -2.28. The maximum Gasteiger partial charge on any atom is 0.0468 e. The molecule has 9 aromatic rings. The minimum absolute atomic E-state index is 0.204. The van der Waals surface area contributed by atoms with Gasteiger partial charge >= 0.3 is 0 Å². The average molecular weight is 757 g/mol. The Morgan fingerprint density at radius 1 is 0.254 bits per heavy atom. The summed E-state index contributed by atoms with van der Waals surface area (Å²) in [6.45, 7) is 4.74. The smallest absolute Gasteiger partial charge is 0.0468 e. The van der Waals surface area contributed by atoms with Crippen LogP contribution in [0.25, 0.3) is 44.5 Å². The van der Waals surface area contributed by atoms with Crippen LogP contribution in [0, 0.1) is 0 Å². The fourth-order valence-corrected chi connectivity index (χ4v) is 8.82. The van der Waals surface area contributed by atoms with Crippen molar-refractivity contribution in [2.24, 2.45) is 0 Å². The van der Waals surface area contributed by atoms with Crippen molar-refractivity contribution in [2.75, 3.05) is 9.80 Å². The van der Waals surface area contributed by atoms with Gasteiger partial charge in [0.25, 0.3) is 0 Å². The quantitative estimate of drug-likeness (QED) is 0.145. The van der Waals surface area contributed by atoms with Crippen molar-refractivity contribution in [1.29, 1.82) is 0 Å². The molecular weight excluding hydrogens is 713 g/mol. The molecule has 2 heteroatoms. The van der Waals surface area contributed by atoms with E-state index in [2.05, 4.69) is 254 Å². The standard InChI is InChI=1S/C57H44N2/c1-57(2)55-36-34-51(59(49-27-15-23-45(37-49)42-19-9-4-10-20-42)50-28-16-24-46(38-50)43-21-11-5-12-22-43)39-54(55)53-35-33-52(40-56(53)57)58(47-25-13-6-14-26-47)48-31-29-44(30-32-48)41-17-7-3-8-18-41/h3-40H,1-2H3. The fraction of sp³-hybridized carbons (Fsp3) is 0.0526. The lowest BCUT2D eigenvalue weighted by molar-refractivity contribution is 0.660.